The lowest BCUT2D eigenvalue weighted by Gasteiger charge is -2.38. The van der Waals surface area contributed by atoms with Gasteiger partial charge in [-0.1, -0.05) is 20.8 Å². The first-order valence-corrected chi connectivity index (χ1v) is 17.3. The van der Waals surface area contributed by atoms with Crippen LogP contribution in [0.1, 0.15) is 52.2 Å². The summed E-state index contributed by atoms with van der Waals surface area (Å²) in [6, 6.07) is 10.1. The highest BCUT2D eigenvalue weighted by Crippen LogP contribution is 2.45. The number of rotatable bonds is 6. The highest BCUT2D eigenvalue weighted by molar-refractivity contribution is 6.74. The third kappa shape index (κ3) is 5.38. The monoisotopic (exact) mass is 573 g/mol. The summed E-state index contributed by atoms with van der Waals surface area (Å²) in [5.41, 5.74) is 5.60. The van der Waals surface area contributed by atoms with Crippen molar-refractivity contribution in [1.29, 1.82) is 0 Å². The Bertz CT molecular complexity index is 1490. The number of ether oxygens (including phenoxy) is 2. The molecule has 9 nitrogen and oxygen atoms in total. The smallest absolute Gasteiger partial charge is 0.237 e. The Labute approximate surface area is 242 Å². The van der Waals surface area contributed by atoms with Crippen molar-refractivity contribution < 1.29 is 18.7 Å². The molecule has 0 saturated carbocycles. The molecule has 1 saturated heterocycles. The average Bonchev–Trinajstić information content (AvgIpc) is 3.36. The Hall–Kier alpha value is -3.63. The highest BCUT2D eigenvalue weighted by Gasteiger charge is 2.38. The molecule has 6 rings (SSSR count). The predicted molar refractivity (Wildman–Crippen MR) is 164 cm³/mol. The fourth-order valence-electron chi connectivity index (χ4n) is 5.22. The van der Waals surface area contributed by atoms with Gasteiger partial charge < -0.3 is 29.4 Å². The zero-order chi connectivity index (χ0) is 28.9. The molecule has 0 radical (unpaired) electrons. The van der Waals surface area contributed by atoms with Gasteiger partial charge in [-0.15, -0.1) is 0 Å². The number of hydrogen-bond donors (Lipinski definition) is 2. The van der Waals surface area contributed by atoms with E-state index in [1.165, 1.54) is 0 Å². The molecule has 5 heterocycles. The van der Waals surface area contributed by atoms with Gasteiger partial charge in [0.15, 0.2) is 8.32 Å². The Morgan fingerprint density at radius 2 is 1.98 bits per heavy atom. The number of aromatic nitrogens is 2. The lowest BCUT2D eigenvalue weighted by atomic mass is 9.94. The topological polar surface area (TPSA) is 97.8 Å². The molecule has 1 aromatic carbocycles. The van der Waals surface area contributed by atoms with Crippen molar-refractivity contribution in [3.8, 4) is 22.8 Å². The molecule has 1 amide bonds. The first-order valence-electron chi connectivity index (χ1n) is 14.4. The second-order valence-corrected chi connectivity index (χ2v) is 17.5. The largest absolute Gasteiger partial charge is 0.485 e. The van der Waals surface area contributed by atoms with E-state index >= 15 is 0 Å². The van der Waals surface area contributed by atoms with Gasteiger partial charge in [0.25, 0.3) is 0 Å². The van der Waals surface area contributed by atoms with E-state index in [1.54, 1.807) is 6.20 Å². The van der Waals surface area contributed by atoms with E-state index in [0.29, 0.717) is 31.3 Å². The van der Waals surface area contributed by atoms with Crippen LogP contribution >= 0.6 is 0 Å². The van der Waals surface area contributed by atoms with Crippen LogP contribution in [0.15, 0.2) is 42.7 Å². The van der Waals surface area contributed by atoms with Gasteiger partial charge in [0.05, 0.1) is 30.2 Å². The Morgan fingerprint density at radius 1 is 1.15 bits per heavy atom. The molecule has 2 unspecified atom stereocenters. The van der Waals surface area contributed by atoms with Gasteiger partial charge >= 0.3 is 0 Å². The maximum atomic E-state index is 12.2. The van der Waals surface area contributed by atoms with Crippen LogP contribution in [0.3, 0.4) is 0 Å². The molecule has 216 valence electrons. The van der Waals surface area contributed by atoms with E-state index in [0.717, 1.165) is 52.5 Å². The summed E-state index contributed by atoms with van der Waals surface area (Å²) in [7, 11) is -1.85. The first-order chi connectivity index (χ1) is 19.5. The molecule has 2 aromatic heterocycles. The molecule has 3 aliphatic heterocycles. The number of nitrogens with zero attached hydrogens (tertiary/aromatic N) is 3. The van der Waals surface area contributed by atoms with Crippen LogP contribution < -0.4 is 25.0 Å². The van der Waals surface area contributed by atoms with Crippen molar-refractivity contribution in [2.75, 3.05) is 35.3 Å². The minimum atomic E-state index is -1.85. The molecule has 0 bridgehead atoms. The number of amides is 1. The van der Waals surface area contributed by atoms with Crippen molar-refractivity contribution >= 4 is 37.1 Å². The van der Waals surface area contributed by atoms with Crippen LogP contribution in [0.25, 0.3) is 11.1 Å². The SMILES string of the molecule is CC1Oc2cc(N3CCCC3=O)ccc2-c2cnc(Nc3cnc4c(c3)NC(CO[Si](C)(C)C(C)(C)C)CO4)cc21. The fraction of sp³-hybridized carbons (Fsp3) is 0.452. The molecule has 10 heteroatoms. The van der Waals surface area contributed by atoms with Gasteiger partial charge in [-0.05, 0) is 55.7 Å². The second kappa shape index (κ2) is 10.3. The number of carbonyl (C=O) groups excluding carboxylic acids is 1. The summed E-state index contributed by atoms with van der Waals surface area (Å²) in [5.74, 6) is 2.24. The second-order valence-electron chi connectivity index (χ2n) is 12.7. The summed E-state index contributed by atoms with van der Waals surface area (Å²) < 4.78 is 18.7. The molecule has 41 heavy (non-hydrogen) atoms. The summed E-state index contributed by atoms with van der Waals surface area (Å²) >= 11 is 0. The molecule has 2 atom stereocenters. The van der Waals surface area contributed by atoms with Crippen molar-refractivity contribution in [3.63, 3.8) is 0 Å². The number of nitrogens with one attached hydrogen (secondary N) is 2. The highest BCUT2D eigenvalue weighted by atomic mass is 28.4. The van der Waals surface area contributed by atoms with Gasteiger partial charge in [-0.25, -0.2) is 9.97 Å². The van der Waals surface area contributed by atoms with E-state index in [4.69, 9.17) is 18.9 Å². The minimum Gasteiger partial charge on any atom is -0.485 e. The maximum Gasteiger partial charge on any atom is 0.237 e. The van der Waals surface area contributed by atoms with E-state index in [9.17, 15) is 4.79 Å². The van der Waals surface area contributed by atoms with Crippen LogP contribution in [-0.4, -0.2) is 50.0 Å². The standard InChI is InChI=1S/C31H39N5O4Si/c1-19-24-14-28(32-16-25(24)23-10-9-22(13-27(23)40-19)36-11-7-8-29(36)37)35-20-12-26-30(33-15-20)38-17-21(34-26)18-39-41(5,6)31(2,3)4/h9-10,12-16,19,21,34H,7-8,11,17-18H2,1-6H3,(H,32,35). The quantitative estimate of drug-likeness (QED) is 0.316. The Kier molecular flexibility index (Phi) is 6.94. The Morgan fingerprint density at radius 3 is 2.73 bits per heavy atom. The fourth-order valence-corrected chi connectivity index (χ4v) is 6.27. The van der Waals surface area contributed by atoms with Gasteiger partial charge in [0.2, 0.25) is 11.8 Å². The molecular weight excluding hydrogens is 534 g/mol. The normalized spacial score (nSPS) is 19.9. The molecule has 0 aliphatic carbocycles. The number of pyridine rings is 2. The summed E-state index contributed by atoms with van der Waals surface area (Å²) in [6.45, 7) is 15.2. The predicted octanol–water partition coefficient (Wildman–Crippen LogP) is 6.66. The third-order valence-corrected chi connectivity index (χ3v) is 13.2. The number of anilines is 4. The zero-order valence-electron chi connectivity index (χ0n) is 24.7. The van der Waals surface area contributed by atoms with Crippen LogP contribution in [-0.2, 0) is 9.22 Å². The summed E-state index contributed by atoms with van der Waals surface area (Å²) in [6.07, 6.45) is 4.97. The molecule has 3 aliphatic rings. The van der Waals surface area contributed by atoms with Crippen LogP contribution in [0, 0.1) is 0 Å². The van der Waals surface area contributed by atoms with E-state index < -0.39 is 8.32 Å². The Balaban J connectivity index is 1.17. The van der Waals surface area contributed by atoms with Crippen LogP contribution in [0.2, 0.25) is 18.1 Å². The summed E-state index contributed by atoms with van der Waals surface area (Å²) in [4.78, 5) is 23.3. The van der Waals surface area contributed by atoms with E-state index in [1.807, 2.05) is 48.4 Å². The maximum absolute atomic E-state index is 12.2. The first kappa shape index (κ1) is 27.5. The number of benzene rings is 1. The molecule has 1 fully saturated rings. The molecule has 0 spiro atoms. The van der Waals surface area contributed by atoms with E-state index in [2.05, 4.69) is 49.5 Å². The number of hydrogen-bond acceptors (Lipinski definition) is 8. The van der Waals surface area contributed by atoms with Crippen LogP contribution in [0.5, 0.6) is 11.6 Å². The number of carbonyl (C=O) groups is 1. The lowest BCUT2D eigenvalue weighted by Crippen LogP contribution is -2.45. The van der Waals surface area contributed by atoms with Crippen molar-refractivity contribution in [3.05, 3.63) is 48.3 Å². The van der Waals surface area contributed by atoms with Gasteiger partial charge in [-0.3, -0.25) is 4.79 Å². The number of fused-ring (bicyclic) bond motifs is 4. The van der Waals surface area contributed by atoms with Gasteiger partial charge in [-0.2, -0.15) is 0 Å². The van der Waals surface area contributed by atoms with Crippen molar-refractivity contribution in [2.45, 2.75) is 70.8 Å². The van der Waals surface area contributed by atoms with Gasteiger partial charge in [0, 0.05) is 47.6 Å². The van der Waals surface area contributed by atoms with Gasteiger partial charge in [0.1, 0.15) is 24.3 Å². The molecule has 3 aromatic rings. The van der Waals surface area contributed by atoms with E-state index in [-0.39, 0.29) is 23.1 Å². The van der Waals surface area contributed by atoms with Crippen molar-refractivity contribution in [2.24, 2.45) is 0 Å². The molecular formula is C31H39N5O4Si. The third-order valence-electron chi connectivity index (χ3n) is 8.67. The summed E-state index contributed by atoms with van der Waals surface area (Å²) in [5, 5.41) is 7.10. The lowest BCUT2D eigenvalue weighted by molar-refractivity contribution is -0.117. The molecule has 2 N–H and O–H groups in total. The van der Waals surface area contributed by atoms with Crippen LogP contribution in [0.4, 0.5) is 22.9 Å². The zero-order valence-corrected chi connectivity index (χ0v) is 25.7. The van der Waals surface area contributed by atoms with Crippen molar-refractivity contribution in [1.82, 2.24) is 9.97 Å². The average molecular weight is 574 g/mol. The minimum absolute atomic E-state index is 0.0534.